The maximum absolute atomic E-state index is 14.4. The smallest absolute Gasteiger partial charge is 0.287 e. The number of halogens is 1. The molecule has 2 aromatic rings. The van der Waals surface area contributed by atoms with Crippen LogP contribution in [0.5, 0.6) is 5.75 Å². The fourth-order valence-electron chi connectivity index (χ4n) is 2.84. The van der Waals surface area contributed by atoms with Crippen LogP contribution < -0.4 is 20.7 Å². The van der Waals surface area contributed by atoms with E-state index in [4.69, 9.17) is 9.15 Å². The Bertz CT molecular complexity index is 850. The Balaban J connectivity index is 1.50. The summed E-state index contributed by atoms with van der Waals surface area (Å²) in [5.41, 5.74) is 0.794. The van der Waals surface area contributed by atoms with Gasteiger partial charge in [-0.05, 0) is 62.4 Å². The van der Waals surface area contributed by atoms with Gasteiger partial charge in [0.15, 0.2) is 23.3 Å². The van der Waals surface area contributed by atoms with Crippen LogP contribution in [0.3, 0.4) is 0 Å². The van der Waals surface area contributed by atoms with Crippen molar-refractivity contribution >= 4 is 11.9 Å². The van der Waals surface area contributed by atoms with E-state index in [0.717, 1.165) is 5.56 Å². The van der Waals surface area contributed by atoms with E-state index in [-0.39, 0.29) is 23.5 Å². The molecule has 1 aromatic carbocycles. The number of hydrogen-bond acceptors (Lipinski definition) is 4. The molecule has 3 rings (SSSR count). The van der Waals surface area contributed by atoms with Crippen molar-refractivity contribution in [1.82, 2.24) is 16.0 Å². The van der Waals surface area contributed by atoms with Crippen molar-refractivity contribution in [2.24, 2.45) is 10.9 Å². The van der Waals surface area contributed by atoms with Crippen molar-refractivity contribution in [3.05, 3.63) is 53.7 Å². The number of aliphatic imine (C=N–C) groups is 1. The molecular formula is C22H29FN4O3. The van der Waals surface area contributed by atoms with Crippen LogP contribution in [0.4, 0.5) is 4.39 Å². The molecule has 1 atom stereocenters. The lowest BCUT2D eigenvalue weighted by molar-refractivity contribution is 0.0927. The second-order valence-corrected chi connectivity index (χ2v) is 7.30. The predicted molar refractivity (Wildman–Crippen MR) is 113 cm³/mol. The molecule has 1 amide bonds. The van der Waals surface area contributed by atoms with Crippen molar-refractivity contribution in [3.8, 4) is 5.75 Å². The minimum atomic E-state index is -0.357. The molecule has 0 saturated heterocycles. The van der Waals surface area contributed by atoms with Crippen LogP contribution in [0.2, 0.25) is 0 Å². The molecule has 3 N–H and O–H groups in total. The third kappa shape index (κ3) is 6.50. The number of ether oxygens (including phenoxy) is 1. The molecule has 30 heavy (non-hydrogen) atoms. The number of benzene rings is 1. The van der Waals surface area contributed by atoms with Crippen LogP contribution >= 0.6 is 0 Å². The zero-order valence-corrected chi connectivity index (χ0v) is 17.4. The van der Waals surface area contributed by atoms with E-state index in [0.29, 0.717) is 43.9 Å². The van der Waals surface area contributed by atoms with Crippen LogP contribution in [0.15, 0.2) is 46.0 Å². The van der Waals surface area contributed by atoms with Crippen LogP contribution in [-0.2, 0) is 0 Å². The molecular weight excluding hydrogens is 387 g/mol. The van der Waals surface area contributed by atoms with Gasteiger partial charge >= 0.3 is 0 Å². The average molecular weight is 416 g/mol. The van der Waals surface area contributed by atoms with Gasteiger partial charge in [-0.1, -0.05) is 6.07 Å². The fraction of sp³-hybridized carbons (Fsp3) is 0.455. The van der Waals surface area contributed by atoms with Gasteiger partial charge in [-0.25, -0.2) is 4.39 Å². The van der Waals surface area contributed by atoms with Crippen LogP contribution in [0.25, 0.3) is 0 Å². The van der Waals surface area contributed by atoms with Crippen LogP contribution in [0, 0.1) is 11.7 Å². The molecule has 1 aliphatic carbocycles. The molecule has 8 heteroatoms. The summed E-state index contributed by atoms with van der Waals surface area (Å²) in [6, 6.07) is 8.14. The molecule has 1 heterocycles. The Hall–Kier alpha value is -3.03. The Labute approximate surface area is 176 Å². The summed E-state index contributed by atoms with van der Waals surface area (Å²) in [5.74, 6) is 1.10. The van der Waals surface area contributed by atoms with E-state index in [9.17, 15) is 9.18 Å². The molecule has 1 saturated carbocycles. The topological polar surface area (TPSA) is 87.9 Å². The summed E-state index contributed by atoms with van der Waals surface area (Å²) in [6.07, 6.45) is 3.79. The molecule has 1 aromatic heterocycles. The van der Waals surface area contributed by atoms with Crippen LogP contribution in [0.1, 0.15) is 48.8 Å². The SMILES string of the molecule is CCNC(=NCCNC(=O)c1ccco1)NC(C)c1ccc(OCC2CC2)c(F)c1. The molecule has 162 valence electrons. The minimum Gasteiger partial charge on any atom is -0.490 e. The summed E-state index contributed by atoms with van der Waals surface area (Å²) in [7, 11) is 0. The van der Waals surface area contributed by atoms with Crippen molar-refractivity contribution in [2.75, 3.05) is 26.2 Å². The number of nitrogens with one attached hydrogen (secondary N) is 3. The van der Waals surface area contributed by atoms with Gasteiger partial charge in [-0.2, -0.15) is 0 Å². The Kier molecular flexibility index (Phi) is 7.70. The fourth-order valence-corrected chi connectivity index (χ4v) is 2.84. The Morgan fingerprint density at radius 3 is 2.83 bits per heavy atom. The molecule has 7 nitrogen and oxygen atoms in total. The van der Waals surface area contributed by atoms with E-state index >= 15 is 0 Å². The third-order valence-corrected chi connectivity index (χ3v) is 4.74. The van der Waals surface area contributed by atoms with Crippen molar-refractivity contribution in [3.63, 3.8) is 0 Å². The summed E-state index contributed by atoms with van der Waals surface area (Å²) in [5, 5.41) is 9.16. The minimum absolute atomic E-state index is 0.160. The first-order valence-electron chi connectivity index (χ1n) is 10.4. The van der Waals surface area contributed by atoms with E-state index in [1.807, 2.05) is 19.9 Å². The Morgan fingerprint density at radius 2 is 2.17 bits per heavy atom. The van der Waals surface area contributed by atoms with Crippen molar-refractivity contribution in [2.45, 2.75) is 32.7 Å². The highest BCUT2D eigenvalue weighted by Gasteiger charge is 2.22. The summed E-state index contributed by atoms with van der Waals surface area (Å²) < 4.78 is 25.0. The second-order valence-electron chi connectivity index (χ2n) is 7.30. The monoisotopic (exact) mass is 416 g/mol. The van der Waals surface area contributed by atoms with Gasteiger partial charge in [-0.3, -0.25) is 9.79 Å². The zero-order chi connectivity index (χ0) is 21.3. The van der Waals surface area contributed by atoms with Gasteiger partial charge in [0.1, 0.15) is 0 Å². The number of guanidine groups is 1. The first-order valence-corrected chi connectivity index (χ1v) is 10.4. The number of furan rings is 1. The van der Waals surface area contributed by atoms with E-state index in [1.54, 1.807) is 18.2 Å². The lowest BCUT2D eigenvalue weighted by Crippen LogP contribution is -2.39. The summed E-state index contributed by atoms with van der Waals surface area (Å²) >= 11 is 0. The number of carbonyl (C=O) groups excluding carboxylic acids is 1. The van der Waals surface area contributed by atoms with Crippen molar-refractivity contribution < 1.29 is 18.3 Å². The van der Waals surface area contributed by atoms with Gasteiger partial charge in [-0.15, -0.1) is 0 Å². The van der Waals surface area contributed by atoms with E-state index < -0.39 is 0 Å². The van der Waals surface area contributed by atoms with Gasteiger partial charge in [0.2, 0.25) is 0 Å². The standard InChI is InChI=1S/C22H29FN4O3/c1-3-24-22(26-11-10-25-21(28)20-5-4-12-29-20)27-15(2)17-8-9-19(18(23)13-17)30-14-16-6-7-16/h4-5,8-9,12-13,15-16H,3,6-7,10-11,14H2,1-2H3,(H,25,28)(H2,24,26,27). The highest BCUT2D eigenvalue weighted by atomic mass is 19.1. The predicted octanol–water partition coefficient (Wildman–Crippen LogP) is 3.25. The maximum Gasteiger partial charge on any atom is 0.287 e. The quantitative estimate of drug-likeness (QED) is 0.314. The molecule has 1 unspecified atom stereocenters. The number of nitrogens with zero attached hydrogens (tertiary/aromatic N) is 1. The van der Waals surface area contributed by atoms with Gasteiger partial charge in [0, 0.05) is 13.1 Å². The van der Waals surface area contributed by atoms with Gasteiger partial charge in [0.05, 0.1) is 25.5 Å². The maximum atomic E-state index is 14.4. The molecule has 0 bridgehead atoms. The number of rotatable bonds is 10. The highest BCUT2D eigenvalue weighted by molar-refractivity contribution is 5.91. The molecule has 0 radical (unpaired) electrons. The van der Waals surface area contributed by atoms with Gasteiger partial charge in [0.25, 0.3) is 5.91 Å². The zero-order valence-electron chi connectivity index (χ0n) is 17.4. The van der Waals surface area contributed by atoms with E-state index in [1.165, 1.54) is 25.2 Å². The molecule has 1 aliphatic rings. The Morgan fingerprint density at radius 1 is 1.33 bits per heavy atom. The third-order valence-electron chi connectivity index (χ3n) is 4.74. The first kappa shape index (κ1) is 21.7. The summed E-state index contributed by atoms with van der Waals surface area (Å²) in [6.45, 7) is 5.91. The number of carbonyl (C=O) groups is 1. The lowest BCUT2D eigenvalue weighted by Gasteiger charge is -2.19. The number of amides is 1. The molecule has 1 fully saturated rings. The second kappa shape index (κ2) is 10.7. The van der Waals surface area contributed by atoms with E-state index in [2.05, 4.69) is 20.9 Å². The molecule has 0 aliphatic heterocycles. The molecule has 0 spiro atoms. The number of hydrogen-bond donors (Lipinski definition) is 3. The summed E-state index contributed by atoms with van der Waals surface area (Å²) in [4.78, 5) is 16.3. The van der Waals surface area contributed by atoms with Gasteiger partial charge < -0.3 is 25.1 Å². The first-order chi connectivity index (χ1) is 14.6. The largest absolute Gasteiger partial charge is 0.490 e. The average Bonchev–Trinajstić information content (AvgIpc) is 3.40. The van der Waals surface area contributed by atoms with Crippen molar-refractivity contribution in [1.29, 1.82) is 0 Å². The van der Waals surface area contributed by atoms with Crippen LogP contribution in [-0.4, -0.2) is 38.1 Å². The highest BCUT2D eigenvalue weighted by Crippen LogP contribution is 2.30. The normalized spacial score (nSPS) is 14.8. The lowest BCUT2D eigenvalue weighted by atomic mass is 10.1.